The van der Waals surface area contributed by atoms with Crippen molar-refractivity contribution in [3.05, 3.63) is 35.4 Å². The number of piperidine rings is 1. The minimum atomic E-state index is 0.0951. The third-order valence-corrected chi connectivity index (χ3v) is 4.68. The van der Waals surface area contributed by atoms with Crippen LogP contribution in [0.15, 0.2) is 24.3 Å². The van der Waals surface area contributed by atoms with E-state index in [1.165, 1.54) is 30.5 Å². The Bertz CT molecular complexity index is 503. The summed E-state index contributed by atoms with van der Waals surface area (Å²) in [5, 5.41) is 3.13. The summed E-state index contributed by atoms with van der Waals surface area (Å²) in [4.78, 5) is 16.6. The Morgan fingerprint density at radius 1 is 1.29 bits per heavy atom. The summed E-state index contributed by atoms with van der Waals surface area (Å²) >= 11 is 0. The Morgan fingerprint density at radius 2 is 2.10 bits per heavy atom. The first-order chi connectivity index (χ1) is 10.2. The molecule has 1 atom stereocenters. The maximum Gasteiger partial charge on any atom is 0.317 e. The van der Waals surface area contributed by atoms with Crippen molar-refractivity contribution in [2.75, 3.05) is 33.2 Å². The molecule has 114 valence electrons. The molecule has 0 aromatic heterocycles. The van der Waals surface area contributed by atoms with E-state index in [1.807, 2.05) is 4.90 Å². The average Bonchev–Trinajstić information content (AvgIpc) is 2.52. The Balaban J connectivity index is 1.50. The lowest BCUT2D eigenvalue weighted by Gasteiger charge is -2.32. The van der Waals surface area contributed by atoms with Crippen molar-refractivity contribution in [3.8, 4) is 0 Å². The lowest BCUT2D eigenvalue weighted by molar-refractivity contribution is 0.179. The number of nitrogens with zero attached hydrogens (tertiary/aromatic N) is 2. The number of hydrogen-bond acceptors (Lipinski definition) is 2. The van der Waals surface area contributed by atoms with Crippen molar-refractivity contribution >= 4 is 6.03 Å². The van der Waals surface area contributed by atoms with Crippen LogP contribution >= 0.6 is 0 Å². The molecule has 0 spiro atoms. The van der Waals surface area contributed by atoms with Crippen molar-refractivity contribution in [1.29, 1.82) is 0 Å². The lowest BCUT2D eigenvalue weighted by Crippen LogP contribution is -2.46. The second kappa shape index (κ2) is 6.48. The lowest BCUT2D eigenvalue weighted by atomic mass is 9.98. The van der Waals surface area contributed by atoms with Crippen LogP contribution in [0.5, 0.6) is 0 Å². The highest BCUT2D eigenvalue weighted by Gasteiger charge is 2.22. The molecule has 0 radical (unpaired) electrons. The highest BCUT2D eigenvalue weighted by atomic mass is 16.2. The molecule has 4 heteroatoms. The minimum absolute atomic E-state index is 0.0951. The van der Waals surface area contributed by atoms with Gasteiger partial charge in [-0.15, -0.1) is 0 Å². The number of urea groups is 1. The molecule has 1 aromatic rings. The normalized spacial score (nSPS) is 22.7. The summed E-state index contributed by atoms with van der Waals surface area (Å²) in [5.74, 6) is 0.602. The van der Waals surface area contributed by atoms with E-state index in [9.17, 15) is 4.79 Å². The van der Waals surface area contributed by atoms with Gasteiger partial charge in [0.15, 0.2) is 0 Å². The number of carbonyl (C=O) groups excluding carboxylic acids is 1. The van der Waals surface area contributed by atoms with Crippen molar-refractivity contribution in [3.63, 3.8) is 0 Å². The number of nitrogens with one attached hydrogen (secondary N) is 1. The van der Waals surface area contributed by atoms with Crippen molar-refractivity contribution in [2.45, 2.75) is 25.8 Å². The SMILES string of the molecule is CN1CCCC(CNC(=O)N2CCc3ccccc3C2)C1. The van der Waals surface area contributed by atoms with Crippen LogP contribution in [0.3, 0.4) is 0 Å². The zero-order valence-electron chi connectivity index (χ0n) is 12.8. The smallest absolute Gasteiger partial charge is 0.317 e. The monoisotopic (exact) mass is 287 g/mol. The molecule has 0 saturated carbocycles. The van der Waals surface area contributed by atoms with E-state index in [0.717, 1.165) is 32.6 Å². The van der Waals surface area contributed by atoms with Gasteiger partial charge in [-0.2, -0.15) is 0 Å². The fourth-order valence-electron chi connectivity index (χ4n) is 3.45. The third-order valence-electron chi connectivity index (χ3n) is 4.68. The molecule has 3 rings (SSSR count). The van der Waals surface area contributed by atoms with Gasteiger partial charge >= 0.3 is 6.03 Å². The largest absolute Gasteiger partial charge is 0.338 e. The topological polar surface area (TPSA) is 35.6 Å². The van der Waals surface area contributed by atoms with Gasteiger partial charge in [0.2, 0.25) is 0 Å². The molecular formula is C17H25N3O. The summed E-state index contributed by atoms with van der Waals surface area (Å²) in [6.45, 7) is 4.66. The van der Waals surface area contributed by atoms with Crippen molar-refractivity contribution in [1.82, 2.24) is 15.1 Å². The molecule has 1 saturated heterocycles. The predicted octanol–water partition coefficient (Wildman–Crippen LogP) is 2.10. The Kier molecular flexibility index (Phi) is 4.44. The van der Waals surface area contributed by atoms with Crippen LogP contribution in [-0.2, 0) is 13.0 Å². The maximum absolute atomic E-state index is 12.3. The number of amides is 2. The van der Waals surface area contributed by atoms with Gasteiger partial charge in [-0.25, -0.2) is 4.79 Å². The number of carbonyl (C=O) groups is 1. The van der Waals surface area contributed by atoms with Gasteiger partial charge < -0.3 is 15.1 Å². The average molecular weight is 287 g/mol. The summed E-state index contributed by atoms with van der Waals surface area (Å²) in [6, 6.07) is 8.53. The molecule has 0 bridgehead atoms. The maximum atomic E-state index is 12.3. The zero-order valence-corrected chi connectivity index (χ0v) is 12.8. The summed E-state index contributed by atoms with van der Waals surface area (Å²) in [6.07, 6.45) is 3.44. The molecule has 2 aliphatic rings. The highest BCUT2D eigenvalue weighted by Crippen LogP contribution is 2.19. The molecule has 1 aromatic carbocycles. The van der Waals surface area contributed by atoms with Gasteiger partial charge in [-0.1, -0.05) is 24.3 Å². The molecule has 1 fully saturated rings. The van der Waals surface area contributed by atoms with E-state index in [1.54, 1.807) is 0 Å². The van der Waals surface area contributed by atoms with E-state index < -0.39 is 0 Å². The fraction of sp³-hybridized carbons (Fsp3) is 0.588. The van der Waals surface area contributed by atoms with Crippen LogP contribution in [0.1, 0.15) is 24.0 Å². The second-order valence-corrected chi connectivity index (χ2v) is 6.40. The molecule has 2 aliphatic heterocycles. The van der Waals surface area contributed by atoms with E-state index in [-0.39, 0.29) is 6.03 Å². The number of likely N-dealkylation sites (tertiary alicyclic amines) is 1. The molecule has 21 heavy (non-hydrogen) atoms. The summed E-state index contributed by atoms with van der Waals surface area (Å²) < 4.78 is 0. The molecule has 2 heterocycles. The van der Waals surface area contributed by atoms with E-state index in [2.05, 4.69) is 41.5 Å². The summed E-state index contributed by atoms with van der Waals surface area (Å²) in [7, 11) is 2.16. The minimum Gasteiger partial charge on any atom is -0.338 e. The molecule has 1 unspecified atom stereocenters. The number of hydrogen-bond donors (Lipinski definition) is 1. The Hall–Kier alpha value is -1.55. The summed E-state index contributed by atoms with van der Waals surface area (Å²) in [5.41, 5.74) is 2.67. The Labute approximate surface area is 127 Å². The van der Waals surface area contributed by atoms with E-state index in [0.29, 0.717) is 5.92 Å². The Morgan fingerprint density at radius 3 is 2.90 bits per heavy atom. The van der Waals surface area contributed by atoms with Gasteiger partial charge in [0, 0.05) is 26.2 Å². The van der Waals surface area contributed by atoms with Crippen LogP contribution in [0.25, 0.3) is 0 Å². The first kappa shape index (κ1) is 14.4. The predicted molar refractivity (Wildman–Crippen MR) is 84.2 cm³/mol. The molecule has 1 N–H and O–H groups in total. The van der Waals surface area contributed by atoms with Crippen LogP contribution in [0.4, 0.5) is 4.79 Å². The van der Waals surface area contributed by atoms with E-state index >= 15 is 0 Å². The van der Waals surface area contributed by atoms with Gasteiger partial charge in [0.25, 0.3) is 0 Å². The zero-order chi connectivity index (χ0) is 14.7. The standard InChI is InChI=1S/C17H25N3O/c1-19-9-4-5-14(12-19)11-18-17(21)20-10-8-15-6-2-3-7-16(15)13-20/h2-3,6-7,14H,4-5,8-13H2,1H3,(H,18,21). The van der Waals surface area contributed by atoms with Crippen LogP contribution < -0.4 is 5.32 Å². The van der Waals surface area contributed by atoms with Gasteiger partial charge in [0.05, 0.1) is 0 Å². The quantitative estimate of drug-likeness (QED) is 0.904. The number of benzene rings is 1. The number of fused-ring (bicyclic) bond motifs is 1. The second-order valence-electron chi connectivity index (χ2n) is 6.40. The first-order valence-electron chi connectivity index (χ1n) is 8.00. The molecule has 4 nitrogen and oxygen atoms in total. The molecular weight excluding hydrogens is 262 g/mol. The van der Waals surface area contributed by atoms with Gasteiger partial charge in [-0.3, -0.25) is 0 Å². The molecule has 0 aliphatic carbocycles. The van der Waals surface area contributed by atoms with Crippen molar-refractivity contribution in [2.24, 2.45) is 5.92 Å². The fourth-order valence-corrected chi connectivity index (χ4v) is 3.45. The van der Waals surface area contributed by atoms with Crippen LogP contribution in [0, 0.1) is 5.92 Å². The van der Waals surface area contributed by atoms with Crippen LogP contribution in [0.2, 0.25) is 0 Å². The molecule has 2 amide bonds. The third kappa shape index (κ3) is 3.56. The van der Waals surface area contributed by atoms with Gasteiger partial charge in [-0.05, 0) is 49.9 Å². The number of rotatable bonds is 2. The first-order valence-corrected chi connectivity index (χ1v) is 8.00. The van der Waals surface area contributed by atoms with Gasteiger partial charge in [0.1, 0.15) is 0 Å². The highest BCUT2D eigenvalue weighted by molar-refractivity contribution is 5.74. The van der Waals surface area contributed by atoms with Crippen LogP contribution in [-0.4, -0.2) is 49.1 Å². The van der Waals surface area contributed by atoms with E-state index in [4.69, 9.17) is 0 Å². The van der Waals surface area contributed by atoms with Crippen molar-refractivity contribution < 1.29 is 4.79 Å².